The summed E-state index contributed by atoms with van der Waals surface area (Å²) in [6.07, 6.45) is 3.59. The Morgan fingerprint density at radius 3 is 2.53 bits per heavy atom. The SMILES string of the molecule is CCCC(OC)C(Cc1ccccc1C)NC. The molecule has 0 aliphatic rings. The van der Waals surface area contributed by atoms with Gasteiger partial charge in [-0.25, -0.2) is 0 Å². The van der Waals surface area contributed by atoms with Gasteiger partial charge in [-0.3, -0.25) is 0 Å². The molecule has 1 N–H and O–H groups in total. The van der Waals surface area contributed by atoms with Crippen LogP contribution in [0.1, 0.15) is 30.9 Å². The Balaban J connectivity index is 2.72. The average Bonchev–Trinajstić information content (AvgIpc) is 2.35. The van der Waals surface area contributed by atoms with Crippen LogP contribution in [0.2, 0.25) is 0 Å². The molecule has 0 aromatic heterocycles. The molecule has 0 aliphatic carbocycles. The van der Waals surface area contributed by atoms with Gasteiger partial charge in [0.1, 0.15) is 0 Å². The molecule has 2 unspecified atom stereocenters. The molecular weight excluding hydrogens is 210 g/mol. The highest BCUT2D eigenvalue weighted by Gasteiger charge is 2.19. The first kappa shape index (κ1) is 14.2. The van der Waals surface area contributed by atoms with Crippen LogP contribution in [-0.4, -0.2) is 26.3 Å². The molecule has 1 aromatic rings. The molecule has 1 rings (SSSR count). The fourth-order valence-electron chi connectivity index (χ4n) is 2.26. The van der Waals surface area contributed by atoms with Crippen molar-refractivity contribution < 1.29 is 4.74 Å². The number of methoxy groups -OCH3 is 1. The lowest BCUT2D eigenvalue weighted by molar-refractivity contribution is 0.0633. The summed E-state index contributed by atoms with van der Waals surface area (Å²) in [5, 5.41) is 3.39. The van der Waals surface area contributed by atoms with Gasteiger partial charge in [-0.05, 0) is 37.9 Å². The maximum Gasteiger partial charge on any atom is 0.0727 e. The number of nitrogens with one attached hydrogen (secondary N) is 1. The Kier molecular flexibility index (Phi) is 6.23. The summed E-state index contributed by atoms with van der Waals surface area (Å²) in [4.78, 5) is 0. The molecule has 0 saturated carbocycles. The summed E-state index contributed by atoms with van der Waals surface area (Å²) < 4.78 is 5.59. The largest absolute Gasteiger partial charge is 0.380 e. The van der Waals surface area contributed by atoms with E-state index in [1.165, 1.54) is 11.1 Å². The Morgan fingerprint density at radius 1 is 1.29 bits per heavy atom. The number of hydrogen-bond donors (Lipinski definition) is 1. The van der Waals surface area contributed by atoms with Crippen LogP contribution in [0.25, 0.3) is 0 Å². The van der Waals surface area contributed by atoms with E-state index in [1.54, 1.807) is 0 Å². The molecule has 0 spiro atoms. The zero-order valence-electron chi connectivity index (χ0n) is 11.5. The highest BCUT2D eigenvalue weighted by Crippen LogP contribution is 2.15. The third kappa shape index (κ3) is 4.14. The topological polar surface area (TPSA) is 21.3 Å². The van der Waals surface area contributed by atoms with Crippen LogP contribution in [0.3, 0.4) is 0 Å². The number of benzene rings is 1. The monoisotopic (exact) mass is 235 g/mol. The quantitative estimate of drug-likeness (QED) is 0.784. The van der Waals surface area contributed by atoms with Crippen LogP contribution >= 0.6 is 0 Å². The molecule has 0 fully saturated rings. The minimum atomic E-state index is 0.296. The predicted molar refractivity (Wildman–Crippen MR) is 73.4 cm³/mol. The summed E-state index contributed by atoms with van der Waals surface area (Å²) >= 11 is 0. The lowest BCUT2D eigenvalue weighted by Gasteiger charge is -2.26. The lowest BCUT2D eigenvalue weighted by Crippen LogP contribution is -2.40. The van der Waals surface area contributed by atoms with Crippen molar-refractivity contribution in [2.75, 3.05) is 14.2 Å². The van der Waals surface area contributed by atoms with Gasteiger partial charge in [0.2, 0.25) is 0 Å². The fourth-order valence-corrected chi connectivity index (χ4v) is 2.26. The maximum atomic E-state index is 5.59. The van der Waals surface area contributed by atoms with E-state index in [-0.39, 0.29) is 0 Å². The third-order valence-corrected chi connectivity index (χ3v) is 3.40. The van der Waals surface area contributed by atoms with E-state index >= 15 is 0 Å². The van der Waals surface area contributed by atoms with Crippen molar-refractivity contribution in [1.29, 1.82) is 0 Å². The second-order valence-electron chi connectivity index (χ2n) is 4.59. The van der Waals surface area contributed by atoms with Crippen molar-refractivity contribution in [2.45, 2.75) is 45.3 Å². The second kappa shape index (κ2) is 7.46. The van der Waals surface area contributed by atoms with Crippen molar-refractivity contribution in [3.8, 4) is 0 Å². The molecule has 0 heterocycles. The molecule has 96 valence electrons. The first-order valence-corrected chi connectivity index (χ1v) is 6.47. The molecule has 0 radical (unpaired) electrons. The highest BCUT2D eigenvalue weighted by atomic mass is 16.5. The van der Waals surface area contributed by atoms with E-state index in [9.17, 15) is 0 Å². The van der Waals surface area contributed by atoms with Gasteiger partial charge in [0.25, 0.3) is 0 Å². The lowest BCUT2D eigenvalue weighted by atomic mass is 9.96. The Hall–Kier alpha value is -0.860. The van der Waals surface area contributed by atoms with Crippen molar-refractivity contribution in [3.05, 3.63) is 35.4 Å². The molecule has 2 heteroatoms. The van der Waals surface area contributed by atoms with Gasteiger partial charge in [-0.2, -0.15) is 0 Å². The first-order chi connectivity index (χ1) is 8.22. The molecular formula is C15H25NO. The van der Waals surface area contributed by atoms with Gasteiger partial charge >= 0.3 is 0 Å². The Morgan fingerprint density at radius 2 is 2.00 bits per heavy atom. The Bertz CT molecular complexity index is 324. The van der Waals surface area contributed by atoms with E-state index in [1.807, 2.05) is 14.2 Å². The normalized spacial score (nSPS) is 14.6. The van der Waals surface area contributed by atoms with Gasteiger partial charge in [0, 0.05) is 13.2 Å². The van der Waals surface area contributed by atoms with Crippen LogP contribution < -0.4 is 5.32 Å². The van der Waals surface area contributed by atoms with Gasteiger partial charge in [-0.15, -0.1) is 0 Å². The van der Waals surface area contributed by atoms with Crippen LogP contribution in [0.4, 0.5) is 0 Å². The smallest absolute Gasteiger partial charge is 0.0727 e. The van der Waals surface area contributed by atoms with Gasteiger partial charge < -0.3 is 10.1 Å². The van der Waals surface area contributed by atoms with E-state index in [2.05, 4.69) is 43.4 Å². The number of ether oxygens (including phenoxy) is 1. The Labute approximate surface area is 105 Å². The summed E-state index contributed by atoms with van der Waals surface area (Å²) in [5.74, 6) is 0. The van der Waals surface area contributed by atoms with E-state index in [0.29, 0.717) is 12.1 Å². The molecule has 2 nitrogen and oxygen atoms in total. The summed E-state index contributed by atoms with van der Waals surface area (Å²) in [6.45, 7) is 4.37. The molecule has 0 saturated heterocycles. The minimum Gasteiger partial charge on any atom is -0.380 e. The zero-order chi connectivity index (χ0) is 12.7. The van der Waals surface area contributed by atoms with Crippen molar-refractivity contribution in [2.24, 2.45) is 0 Å². The van der Waals surface area contributed by atoms with Crippen molar-refractivity contribution in [1.82, 2.24) is 5.32 Å². The number of likely N-dealkylation sites (N-methyl/N-ethyl adjacent to an activating group) is 1. The summed E-state index contributed by atoms with van der Waals surface area (Å²) in [5.41, 5.74) is 2.77. The zero-order valence-corrected chi connectivity index (χ0v) is 11.5. The molecule has 0 bridgehead atoms. The van der Waals surface area contributed by atoms with E-state index < -0.39 is 0 Å². The van der Waals surface area contributed by atoms with Crippen LogP contribution in [0, 0.1) is 6.92 Å². The average molecular weight is 235 g/mol. The molecule has 1 aromatic carbocycles. The molecule has 2 atom stereocenters. The van der Waals surface area contributed by atoms with Crippen molar-refractivity contribution >= 4 is 0 Å². The predicted octanol–water partition coefficient (Wildman–Crippen LogP) is 2.94. The maximum absolute atomic E-state index is 5.59. The van der Waals surface area contributed by atoms with Crippen LogP contribution in [0.5, 0.6) is 0 Å². The molecule has 17 heavy (non-hydrogen) atoms. The highest BCUT2D eigenvalue weighted by molar-refractivity contribution is 5.26. The summed E-state index contributed by atoms with van der Waals surface area (Å²) in [7, 11) is 3.83. The fraction of sp³-hybridized carbons (Fsp3) is 0.600. The summed E-state index contributed by atoms with van der Waals surface area (Å²) in [6, 6.07) is 8.97. The minimum absolute atomic E-state index is 0.296. The number of aryl methyl sites for hydroxylation is 1. The van der Waals surface area contributed by atoms with Crippen LogP contribution in [0.15, 0.2) is 24.3 Å². The van der Waals surface area contributed by atoms with Crippen LogP contribution in [-0.2, 0) is 11.2 Å². The van der Waals surface area contributed by atoms with Gasteiger partial charge in [0.05, 0.1) is 6.10 Å². The van der Waals surface area contributed by atoms with E-state index in [4.69, 9.17) is 4.74 Å². The van der Waals surface area contributed by atoms with E-state index in [0.717, 1.165) is 19.3 Å². The standard InChI is InChI=1S/C15H25NO/c1-5-8-15(17-4)14(16-3)11-13-10-7-6-9-12(13)2/h6-7,9-10,14-16H,5,8,11H2,1-4H3. The molecule has 0 amide bonds. The van der Waals surface area contributed by atoms with Gasteiger partial charge in [0.15, 0.2) is 0 Å². The van der Waals surface area contributed by atoms with Crippen molar-refractivity contribution in [3.63, 3.8) is 0 Å². The first-order valence-electron chi connectivity index (χ1n) is 6.47. The molecule has 0 aliphatic heterocycles. The number of hydrogen-bond acceptors (Lipinski definition) is 2. The third-order valence-electron chi connectivity index (χ3n) is 3.40. The van der Waals surface area contributed by atoms with Gasteiger partial charge in [-0.1, -0.05) is 37.6 Å². The second-order valence-corrected chi connectivity index (χ2v) is 4.59. The number of rotatable bonds is 7.